The summed E-state index contributed by atoms with van der Waals surface area (Å²) in [5.74, 6) is 0. The quantitative estimate of drug-likeness (QED) is 0.709. The SMILES string of the molecule is CC(C)(C)OC(=O)NC1(c2cccc3c2[nH]c2ccccc23)CC1. The van der Waals surface area contributed by atoms with Gasteiger partial charge in [0, 0.05) is 21.9 Å². The molecule has 0 saturated heterocycles. The maximum Gasteiger partial charge on any atom is 0.408 e. The summed E-state index contributed by atoms with van der Waals surface area (Å²) < 4.78 is 5.45. The van der Waals surface area contributed by atoms with E-state index in [0.29, 0.717) is 0 Å². The minimum absolute atomic E-state index is 0.317. The smallest absolute Gasteiger partial charge is 0.408 e. The number of rotatable bonds is 2. The van der Waals surface area contributed by atoms with Crippen LogP contribution in [0, 0.1) is 0 Å². The number of H-pyrrole nitrogens is 1. The van der Waals surface area contributed by atoms with Crippen molar-refractivity contribution >= 4 is 27.9 Å². The lowest BCUT2D eigenvalue weighted by atomic mass is 10.0. The summed E-state index contributed by atoms with van der Waals surface area (Å²) in [6, 6.07) is 14.6. The number of hydrogen-bond donors (Lipinski definition) is 2. The molecule has 1 saturated carbocycles. The summed E-state index contributed by atoms with van der Waals surface area (Å²) in [6.45, 7) is 5.64. The van der Waals surface area contributed by atoms with Gasteiger partial charge in [0.15, 0.2) is 0 Å². The fraction of sp³-hybridized carbons (Fsp3) is 0.350. The molecule has 1 amide bonds. The maximum atomic E-state index is 12.3. The first-order valence-corrected chi connectivity index (χ1v) is 8.39. The van der Waals surface area contributed by atoms with Gasteiger partial charge < -0.3 is 15.0 Å². The fourth-order valence-corrected chi connectivity index (χ4v) is 3.36. The molecule has 124 valence electrons. The third-order valence-corrected chi connectivity index (χ3v) is 4.55. The molecule has 0 atom stereocenters. The molecule has 4 nitrogen and oxygen atoms in total. The predicted molar refractivity (Wildman–Crippen MR) is 96.1 cm³/mol. The van der Waals surface area contributed by atoms with Crippen LogP contribution in [-0.4, -0.2) is 16.7 Å². The van der Waals surface area contributed by atoms with Crippen molar-refractivity contribution in [1.82, 2.24) is 10.3 Å². The van der Waals surface area contributed by atoms with Crippen molar-refractivity contribution in [3.63, 3.8) is 0 Å². The summed E-state index contributed by atoms with van der Waals surface area (Å²) in [6.07, 6.45) is 1.51. The van der Waals surface area contributed by atoms with Crippen molar-refractivity contribution in [3.05, 3.63) is 48.0 Å². The van der Waals surface area contributed by atoms with Crippen LogP contribution in [0.3, 0.4) is 0 Å². The average molecular weight is 322 g/mol. The Morgan fingerprint density at radius 2 is 1.79 bits per heavy atom. The second kappa shape index (κ2) is 5.00. The van der Waals surface area contributed by atoms with Gasteiger partial charge in [0.25, 0.3) is 0 Å². The highest BCUT2D eigenvalue weighted by Gasteiger charge is 2.47. The van der Waals surface area contributed by atoms with Crippen molar-refractivity contribution in [2.75, 3.05) is 0 Å². The molecule has 2 aromatic carbocycles. The van der Waals surface area contributed by atoms with Crippen LogP contribution >= 0.6 is 0 Å². The second-order valence-electron chi connectivity index (χ2n) is 7.61. The third-order valence-electron chi connectivity index (χ3n) is 4.55. The number of carbonyl (C=O) groups excluding carboxylic acids is 1. The number of para-hydroxylation sites is 2. The highest BCUT2D eigenvalue weighted by Crippen LogP contribution is 2.48. The van der Waals surface area contributed by atoms with Crippen molar-refractivity contribution < 1.29 is 9.53 Å². The lowest BCUT2D eigenvalue weighted by Gasteiger charge is -2.24. The summed E-state index contributed by atoms with van der Waals surface area (Å²) in [4.78, 5) is 15.8. The van der Waals surface area contributed by atoms with Gasteiger partial charge in [0.2, 0.25) is 0 Å². The number of carbonyl (C=O) groups is 1. The number of alkyl carbamates (subject to hydrolysis) is 1. The average Bonchev–Trinajstić information content (AvgIpc) is 3.17. The van der Waals surface area contributed by atoms with Gasteiger partial charge in [-0.1, -0.05) is 36.4 Å². The molecular weight excluding hydrogens is 300 g/mol. The maximum absolute atomic E-state index is 12.3. The van der Waals surface area contributed by atoms with Crippen LogP contribution in [0.25, 0.3) is 21.8 Å². The Morgan fingerprint density at radius 1 is 1.08 bits per heavy atom. The normalized spacial score (nSPS) is 16.3. The van der Waals surface area contributed by atoms with Gasteiger partial charge in [-0.25, -0.2) is 4.79 Å². The first-order chi connectivity index (χ1) is 11.4. The highest BCUT2D eigenvalue weighted by atomic mass is 16.6. The number of aromatic nitrogens is 1. The van der Waals surface area contributed by atoms with Crippen LogP contribution in [-0.2, 0) is 10.3 Å². The molecule has 24 heavy (non-hydrogen) atoms. The van der Waals surface area contributed by atoms with Crippen LogP contribution < -0.4 is 5.32 Å². The zero-order valence-electron chi connectivity index (χ0n) is 14.3. The minimum atomic E-state index is -0.493. The summed E-state index contributed by atoms with van der Waals surface area (Å²) >= 11 is 0. The number of ether oxygens (including phenoxy) is 1. The zero-order chi connectivity index (χ0) is 16.9. The number of aromatic amines is 1. The van der Waals surface area contributed by atoms with Crippen LogP contribution in [0.15, 0.2) is 42.5 Å². The van der Waals surface area contributed by atoms with E-state index in [1.807, 2.05) is 32.9 Å². The topological polar surface area (TPSA) is 54.1 Å². The van der Waals surface area contributed by atoms with E-state index in [9.17, 15) is 4.79 Å². The minimum Gasteiger partial charge on any atom is -0.444 e. The Kier molecular flexibility index (Phi) is 3.14. The van der Waals surface area contributed by atoms with Gasteiger partial charge in [-0.3, -0.25) is 0 Å². The molecule has 0 spiro atoms. The molecule has 1 aliphatic carbocycles. The van der Waals surface area contributed by atoms with Gasteiger partial charge in [-0.2, -0.15) is 0 Å². The van der Waals surface area contributed by atoms with Gasteiger partial charge in [-0.05, 0) is 39.7 Å². The standard InChI is InChI=1S/C20H22N2O2/c1-19(2,3)24-18(23)22-20(11-12-20)15-9-6-8-14-13-7-4-5-10-16(13)21-17(14)15/h4-10,21H,11-12H2,1-3H3,(H,22,23). The van der Waals surface area contributed by atoms with Gasteiger partial charge in [0.1, 0.15) is 5.60 Å². The van der Waals surface area contributed by atoms with E-state index in [0.717, 1.165) is 29.4 Å². The Hall–Kier alpha value is -2.49. The number of benzene rings is 2. The molecule has 1 aromatic heterocycles. The van der Waals surface area contributed by atoms with E-state index < -0.39 is 5.60 Å². The molecule has 4 rings (SSSR count). The second-order valence-corrected chi connectivity index (χ2v) is 7.61. The molecular formula is C20H22N2O2. The van der Waals surface area contributed by atoms with E-state index in [1.165, 1.54) is 10.8 Å². The largest absolute Gasteiger partial charge is 0.444 e. The van der Waals surface area contributed by atoms with E-state index in [-0.39, 0.29) is 11.6 Å². The molecule has 0 aliphatic heterocycles. The van der Waals surface area contributed by atoms with Crippen molar-refractivity contribution in [2.45, 2.75) is 44.8 Å². The number of amides is 1. The molecule has 2 N–H and O–H groups in total. The number of nitrogens with one attached hydrogen (secondary N) is 2. The molecule has 1 heterocycles. The number of fused-ring (bicyclic) bond motifs is 3. The molecule has 4 heteroatoms. The Bertz CT molecular complexity index is 930. The number of hydrogen-bond acceptors (Lipinski definition) is 2. The van der Waals surface area contributed by atoms with Crippen LogP contribution in [0.1, 0.15) is 39.2 Å². The lowest BCUT2D eigenvalue weighted by molar-refractivity contribution is 0.0495. The summed E-state index contributed by atoms with van der Waals surface area (Å²) in [7, 11) is 0. The molecule has 0 bridgehead atoms. The van der Waals surface area contributed by atoms with Crippen LogP contribution in [0.2, 0.25) is 0 Å². The van der Waals surface area contributed by atoms with E-state index in [4.69, 9.17) is 4.74 Å². The summed E-state index contributed by atoms with van der Waals surface area (Å²) in [5.41, 5.74) is 2.55. The van der Waals surface area contributed by atoms with Crippen LogP contribution in [0.5, 0.6) is 0 Å². The summed E-state index contributed by atoms with van der Waals surface area (Å²) in [5, 5.41) is 5.50. The molecule has 0 unspecified atom stereocenters. The van der Waals surface area contributed by atoms with Crippen molar-refractivity contribution in [1.29, 1.82) is 0 Å². The van der Waals surface area contributed by atoms with E-state index >= 15 is 0 Å². The third kappa shape index (κ3) is 2.52. The highest BCUT2D eigenvalue weighted by molar-refractivity contribution is 6.08. The molecule has 1 aliphatic rings. The first kappa shape index (κ1) is 15.1. The molecule has 0 radical (unpaired) electrons. The van der Waals surface area contributed by atoms with Gasteiger partial charge in [0.05, 0.1) is 11.1 Å². The predicted octanol–water partition coefficient (Wildman–Crippen LogP) is 4.83. The Morgan fingerprint density at radius 3 is 2.50 bits per heavy atom. The lowest BCUT2D eigenvalue weighted by Crippen LogP contribution is -2.39. The van der Waals surface area contributed by atoms with Crippen LogP contribution in [0.4, 0.5) is 4.79 Å². The van der Waals surface area contributed by atoms with E-state index in [1.54, 1.807) is 0 Å². The van der Waals surface area contributed by atoms with Crippen molar-refractivity contribution in [3.8, 4) is 0 Å². The first-order valence-electron chi connectivity index (χ1n) is 8.39. The Labute approximate surface area is 141 Å². The molecule has 3 aromatic rings. The zero-order valence-corrected chi connectivity index (χ0v) is 14.3. The van der Waals surface area contributed by atoms with Gasteiger partial charge >= 0.3 is 6.09 Å². The fourth-order valence-electron chi connectivity index (χ4n) is 3.36. The Balaban J connectivity index is 1.75. The molecule has 1 fully saturated rings. The van der Waals surface area contributed by atoms with Gasteiger partial charge in [-0.15, -0.1) is 0 Å². The monoisotopic (exact) mass is 322 g/mol. The van der Waals surface area contributed by atoms with E-state index in [2.05, 4.69) is 40.6 Å². The van der Waals surface area contributed by atoms with Crippen molar-refractivity contribution in [2.24, 2.45) is 0 Å².